The first-order valence-electron chi connectivity index (χ1n) is 8.22. The summed E-state index contributed by atoms with van der Waals surface area (Å²) in [5.74, 6) is 0.179. The van der Waals surface area contributed by atoms with Crippen molar-refractivity contribution < 1.29 is 4.79 Å². The molecule has 0 unspecified atom stereocenters. The van der Waals surface area contributed by atoms with Gasteiger partial charge in [-0.05, 0) is 31.3 Å². The minimum absolute atomic E-state index is 0. The highest BCUT2D eigenvalue weighted by Crippen LogP contribution is 2.47. The van der Waals surface area contributed by atoms with Crippen LogP contribution < -0.4 is 10.2 Å². The van der Waals surface area contributed by atoms with Crippen LogP contribution in [0.1, 0.15) is 6.42 Å². The maximum atomic E-state index is 12.4. The summed E-state index contributed by atoms with van der Waals surface area (Å²) in [5, 5.41) is 3.08. The Morgan fingerprint density at radius 1 is 1.08 bits per heavy atom. The van der Waals surface area contributed by atoms with Gasteiger partial charge in [-0.25, -0.2) is 0 Å². The number of benzene rings is 2. The van der Waals surface area contributed by atoms with Gasteiger partial charge in [0.15, 0.2) is 0 Å². The van der Waals surface area contributed by atoms with E-state index < -0.39 is 0 Å². The first kappa shape index (κ1) is 19.6. The largest absolute Gasteiger partial charge is 0.344 e. The molecule has 1 aliphatic heterocycles. The van der Waals surface area contributed by atoms with Crippen LogP contribution >= 0.6 is 24.2 Å². The van der Waals surface area contributed by atoms with Gasteiger partial charge in [0, 0.05) is 42.9 Å². The Bertz CT molecular complexity index is 680. The van der Waals surface area contributed by atoms with Gasteiger partial charge in [-0.3, -0.25) is 4.79 Å². The molecule has 1 amide bonds. The maximum Gasteiger partial charge on any atom is 0.224 e. The van der Waals surface area contributed by atoms with Crippen LogP contribution in [0.3, 0.4) is 0 Å². The summed E-state index contributed by atoms with van der Waals surface area (Å²) in [4.78, 5) is 18.9. The first-order chi connectivity index (χ1) is 11.7. The molecule has 0 saturated carbocycles. The van der Waals surface area contributed by atoms with Crippen molar-refractivity contribution in [1.29, 1.82) is 0 Å². The number of nitrogens with zero attached hydrogens (tertiary/aromatic N) is 2. The Kier molecular flexibility index (Phi) is 7.17. The van der Waals surface area contributed by atoms with Crippen LogP contribution in [-0.4, -0.2) is 44.5 Å². The summed E-state index contributed by atoms with van der Waals surface area (Å²) >= 11 is 1.79. The highest BCUT2D eigenvalue weighted by molar-refractivity contribution is 7.99. The molecule has 4 nitrogen and oxygen atoms in total. The predicted molar refractivity (Wildman–Crippen MR) is 107 cm³/mol. The molecule has 0 aromatic heterocycles. The predicted octanol–water partition coefficient (Wildman–Crippen LogP) is 3.78. The highest BCUT2D eigenvalue weighted by Gasteiger charge is 2.23. The molecule has 0 spiro atoms. The molecule has 1 N–H and O–H groups in total. The number of hydrogen-bond donors (Lipinski definition) is 1. The molecule has 0 saturated heterocycles. The van der Waals surface area contributed by atoms with Gasteiger partial charge in [0.05, 0.1) is 11.4 Å². The summed E-state index contributed by atoms with van der Waals surface area (Å²) in [6, 6.07) is 16.8. The van der Waals surface area contributed by atoms with Crippen LogP contribution in [0.5, 0.6) is 0 Å². The monoisotopic (exact) mass is 377 g/mol. The lowest BCUT2D eigenvalue weighted by molar-refractivity contribution is -0.129. The fourth-order valence-electron chi connectivity index (χ4n) is 2.82. The minimum Gasteiger partial charge on any atom is -0.344 e. The minimum atomic E-state index is 0. The molecular formula is C19H24ClN3OS. The average molecular weight is 378 g/mol. The van der Waals surface area contributed by atoms with Gasteiger partial charge in [-0.2, -0.15) is 0 Å². The third-order valence-electron chi connectivity index (χ3n) is 4.20. The zero-order valence-electron chi connectivity index (χ0n) is 14.6. The molecule has 2 aromatic rings. The van der Waals surface area contributed by atoms with E-state index in [0.717, 1.165) is 13.1 Å². The number of halogens is 1. The lowest BCUT2D eigenvalue weighted by atomic mass is 10.2. The third-order valence-corrected chi connectivity index (χ3v) is 5.33. The zero-order valence-corrected chi connectivity index (χ0v) is 16.2. The molecule has 0 fully saturated rings. The lowest BCUT2D eigenvalue weighted by Crippen LogP contribution is -2.35. The van der Waals surface area contributed by atoms with E-state index in [0.29, 0.717) is 13.0 Å². The molecule has 1 aliphatic rings. The molecule has 6 heteroatoms. The third kappa shape index (κ3) is 4.48. The van der Waals surface area contributed by atoms with Gasteiger partial charge in [-0.15, -0.1) is 12.4 Å². The van der Waals surface area contributed by atoms with Crippen molar-refractivity contribution in [3.05, 3.63) is 48.5 Å². The van der Waals surface area contributed by atoms with E-state index in [1.807, 2.05) is 14.1 Å². The number of nitrogens with one attached hydrogen (secondary N) is 1. The van der Waals surface area contributed by atoms with Crippen molar-refractivity contribution in [2.24, 2.45) is 0 Å². The Balaban J connectivity index is 0.00000225. The van der Waals surface area contributed by atoms with Gasteiger partial charge >= 0.3 is 0 Å². The van der Waals surface area contributed by atoms with Gasteiger partial charge in [0.2, 0.25) is 5.91 Å². The molecule has 3 rings (SSSR count). The fourth-order valence-corrected chi connectivity index (χ4v) is 3.92. The summed E-state index contributed by atoms with van der Waals surface area (Å²) in [7, 11) is 3.77. The molecule has 0 atom stereocenters. The smallest absolute Gasteiger partial charge is 0.224 e. The fraction of sp³-hybridized carbons (Fsp3) is 0.316. The second kappa shape index (κ2) is 9.13. The van der Waals surface area contributed by atoms with E-state index in [2.05, 4.69) is 58.7 Å². The number of anilines is 2. The molecular weight excluding hydrogens is 354 g/mol. The topological polar surface area (TPSA) is 35.6 Å². The number of para-hydroxylation sites is 2. The van der Waals surface area contributed by atoms with Crippen molar-refractivity contribution in [2.45, 2.75) is 16.2 Å². The Morgan fingerprint density at radius 3 is 2.20 bits per heavy atom. The van der Waals surface area contributed by atoms with E-state index in [9.17, 15) is 4.79 Å². The molecule has 25 heavy (non-hydrogen) atoms. The Labute approximate surface area is 160 Å². The molecule has 0 bridgehead atoms. The SMILES string of the molecule is CNCCN(C)C(=O)CCN1c2ccccc2Sc2ccccc21.Cl. The standard InChI is InChI=1S/C19H23N3OS.ClH/c1-20-12-14-21(2)19(23)11-13-22-15-7-3-5-9-17(15)24-18-10-6-4-8-16(18)22;/h3-10,20H,11-14H2,1-2H3;1H. The van der Waals surface area contributed by atoms with Crippen molar-refractivity contribution in [2.75, 3.05) is 38.6 Å². The lowest BCUT2D eigenvalue weighted by Gasteiger charge is -2.33. The van der Waals surface area contributed by atoms with E-state index in [1.54, 1.807) is 16.7 Å². The zero-order chi connectivity index (χ0) is 16.9. The molecule has 0 aliphatic carbocycles. The molecule has 2 aromatic carbocycles. The first-order valence-corrected chi connectivity index (χ1v) is 9.04. The van der Waals surface area contributed by atoms with Crippen LogP contribution in [0.4, 0.5) is 11.4 Å². The van der Waals surface area contributed by atoms with Gasteiger partial charge in [-0.1, -0.05) is 36.0 Å². The van der Waals surface area contributed by atoms with Crippen LogP contribution in [0.2, 0.25) is 0 Å². The number of carbonyl (C=O) groups excluding carboxylic acids is 1. The summed E-state index contributed by atoms with van der Waals surface area (Å²) < 4.78 is 0. The quantitative estimate of drug-likeness (QED) is 0.831. The number of likely N-dealkylation sites (N-methyl/N-ethyl adjacent to an activating group) is 2. The number of amides is 1. The van der Waals surface area contributed by atoms with Crippen LogP contribution in [-0.2, 0) is 4.79 Å². The van der Waals surface area contributed by atoms with Crippen LogP contribution in [0, 0.1) is 0 Å². The second-order valence-electron chi connectivity index (χ2n) is 5.86. The highest BCUT2D eigenvalue weighted by atomic mass is 35.5. The van der Waals surface area contributed by atoms with E-state index in [1.165, 1.54) is 21.2 Å². The molecule has 0 radical (unpaired) electrons. The van der Waals surface area contributed by atoms with Crippen LogP contribution in [0.15, 0.2) is 58.3 Å². The van der Waals surface area contributed by atoms with E-state index in [-0.39, 0.29) is 18.3 Å². The van der Waals surface area contributed by atoms with Crippen molar-refractivity contribution in [3.63, 3.8) is 0 Å². The normalized spacial score (nSPS) is 12.0. The molecule has 134 valence electrons. The second-order valence-corrected chi connectivity index (χ2v) is 6.94. The van der Waals surface area contributed by atoms with E-state index in [4.69, 9.17) is 0 Å². The number of hydrogen-bond acceptors (Lipinski definition) is 4. The van der Waals surface area contributed by atoms with Crippen molar-refractivity contribution in [1.82, 2.24) is 10.2 Å². The van der Waals surface area contributed by atoms with Gasteiger partial charge < -0.3 is 15.1 Å². The summed E-state index contributed by atoms with van der Waals surface area (Å²) in [6.07, 6.45) is 0.507. The van der Waals surface area contributed by atoms with Gasteiger partial charge in [0.1, 0.15) is 0 Å². The maximum absolute atomic E-state index is 12.4. The average Bonchev–Trinajstić information content (AvgIpc) is 2.62. The molecule has 1 heterocycles. The number of fused-ring (bicyclic) bond motifs is 2. The number of rotatable bonds is 6. The summed E-state index contributed by atoms with van der Waals surface area (Å²) in [6.45, 7) is 2.24. The van der Waals surface area contributed by atoms with Crippen LogP contribution in [0.25, 0.3) is 0 Å². The van der Waals surface area contributed by atoms with E-state index >= 15 is 0 Å². The summed E-state index contributed by atoms with van der Waals surface area (Å²) in [5.41, 5.74) is 2.37. The number of carbonyl (C=O) groups is 1. The van der Waals surface area contributed by atoms with Crippen molar-refractivity contribution in [3.8, 4) is 0 Å². The van der Waals surface area contributed by atoms with Crippen molar-refractivity contribution >= 4 is 41.5 Å². The Hall–Kier alpha value is -1.69. The Morgan fingerprint density at radius 2 is 1.64 bits per heavy atom. The van der Waals surface area contributed by atoms with Gasteiger partial charge in [0.25, 0.3) is 0 Å².